The highest BCUT2D eigenvalue weighted by Crippen LogP contribution is 2.37. The third-order valence-corrected chi connectivity index (χ3v) is 5.10. The predicted octanol–water partition coefficient (Wildman–Crippen LogP) is 3.55. The van der Waals surface area contributed by atoms with Gasteiger partial charge in [-0.3, -0.25) is 0 Å². The van der Waals surface area contributed by atoms with E-state index in [2.05, 4.69) is 15.0 Å². The summed E-state index contributed by atoms with van der Waals surface area (Å²) < 4.78 is 0. The standard InChI is InChI=1S/C14H11N3O2S2/c1-7-3-4-15-9(5-7)20-12-10-8(2)11(14(18)19)21-13(10)17-6-16-12/h3-6H,1-2H3,(H,18,19). The van der Waals surface area contributed by atoms with Crippen molar-refractivity contribution in [2.24, 2.45) is 0 Å². The predicted molar refractivity (Wildman–Crippen MR) is 82.2 cm³/mol. The van der Waals surface area contributed by atoms with Crippen LogP contribution in [0.5, 0.6) is 0 Å². The second-order valence-electron chi connectivity index (χ2n) is 4.49. The van der Waals surface area contributed by atoms with Crippen molar-refractivity contribution in [1.82, 2.24) is 15.0 Å². The van der Waals surface area contributed by atoms with Crippen LogP contribution in [0.1, 0.15) is 20.8 Å². The number of rotatable bonds is 3. The molecule has 0 aliphatic heterocycles. The molecular formula is C14H11N3O2S2. The highest BCUT2D eigenvalue weighted by atomic mass is 32.2. The first-order chi connectivity index (χ1) is 10.1. The molecule has 21 heavy (non-hydrogen) atoms. The molecule has 1 N–H and O–H groups in total. The Labute approximate surface area is 129 Å². The second kappa shape index (κ2) is 5.42. The van der Waals surface area contributed by atoms with Crippen LogP contribution in [0.25, 0.3) is 10.2 Å². The number of nitrogens with zero attached hydrogens (tertiary/aromatic N) is 3. The molecule has 0 unspecified atom stereocenters. The van der Waals surface area contributed by atoms with Gasteiger partial charge in [0.1, 0.15) is 26.1 Å². The summed E-state index contributed by atoms with van der Waals surface area (Å²) in [7, 11) is 0. The van der Waals surface area contributed by atoms with Crippen molar-refractivity contribution in [2.75, 3.05) is 0 Å². The van der Waals surface area contributed by atoms with E-state index in [1.54, 1.807) is 13.1 Å². The van der Waals surface area contributed by atoms with E-state index in [4.69, 9.17) is 0 Å². The Morgan fingerprint density at radius 3 is 2.81 bits per heavy atom. The van der Waals surface area contributed by atoms with E-state index in [0.29, 0.717) is 15.3 Å². The number of carbonyl (C=O) groups is 1. The average molecular weight is 317 g/mol. The van der Waals surface area contributed by atoms with Crippen LogP contribution in [-0.4, -0.2) is 26.0 Å². The van der Waals surface area contributed by atoms with Gasteiger partial charge in [-0.1, -0.05) is 0 Å². The molecule has 3 rings (SSSR count). The van der Waals surface area contributed by atoms with Crippen molar-refractivity contribution < 1.29 is 9.90 Å². The lowest BCUT2D eigenvalue weighted by Crippen LogP contribution is -1.94. The van der Waals surface area contributed by atoms with Crippen molar-refractivity contribution in [3.05, 3.63) is 40.7 Å². The largest absolute Gasteiger partial charge is 0.477 e. The number of carboxylic acid groups (broad SMARTS) is 1. The first-order valence-corrected chi connectivity index (χ1v) is 7.77. The molecule has 0 aliphatic rings. The molecule has 0 spiro atoms. The van der Waals surface area contributed by atoms with Crippen molar-refractivity contribution >= 4 is 39.3 Å². The van der Waals surface area contributed by atoms with Crippen LogP contribution in [0, 0.1) is 13.8 Å². The van der Waals surface area contributed by atoms with Gasteiger partial charge in [-0.05, 0) is 48.9 Å². The van der Waals surface area contributed by atoms with Crippen molar-refractivity contribution in [2.45, 2.75) is 23.9 Å². The molecule has 0 bridgehead atoms. The van der Waals surface area contributed by atoms with Crippen LogP contribution in [-0.2, 0) is 0 Å². The Bertz CT molecular complexity index is 845. The number of hydrogen-bond acceptors (Lipinski definition) is 6. The summed E-state index contributed by atoms with van der Waals surface area (Å²) in [4.78, 5) is 25.0. The first-order valence-electron chi connectivity index (χ1n) is 6.14. The highest BCUT2D eigenvalue weighted by molar-refractivity contribution is 7.99. The molecule has 106 valence electrons. The second-order valence-corrected chi connectivity index (χ2v) is 6.50. The number of carboxylic acids is 1. The molecule has 0 saturated carbocycles. The molecule has 0 aromatic carbocycles. The molecule has 0 radical (unpaired) electrons. The van der Waals surface area contributed by atoms with E-state index < -0.39 is 5.97 Å². The quantitative estimate of drug-likeness (QED) is 0.744. The Balaban J connectivity index is 2.12. The van der Waals surface area contributed by atoms with Crippen LogP contribution in [0.4, 0.5) is 0 Å². The van der Waals surface area contributed by atoms with E-state index in [-0.39, 0.29) is 0 Å². The molecule has 0 atom stereocenters. The minimum absolute atomic E-state index is 0.310. The van der Waals surface area contributed by atoms with Gasteiger partial charge in [-0.15, -0.1) is 11.3 Å². The lowest BCUT2D eigenvalue weighted by atomic mass is 10.2. The van der Waals surface area contributed by atoms with Gasteiger partial charge < -0.3 is 5.11 Å². The molecular weight excluding hydrogens is 306 g/mol. The Kier molecular flexibility index (Phi) is 3.60. The molecule has 5 nitrogen and oxygen atoms in total. The Morgan fingerprint density at radius 1 is 1.29 bits per heavy atom. The zero-order chi connectivity index (χ0) is 15.0. The maximum atomic E-state index is 11.2. The minimum atomic E-state index is -0.930. The first kappa shape index (κ1) is 14.0. The third-order valence-electron chi connectivity index (χ3n) is 2.98. The van der Waals surface area contributed by atoms with E-state index in [1.807, 2.05) is 19.1 Å². The molecule has 7 heteroatoms. The smallest absolute Gasteiger partial charge is 0.346 e. The maximum absolute atomic E-state index is 11.2. The molecule has 0 fully saturated rings. The SMILES string of the molecule is Cc1ccnc(Sc2ncnc3sc(C(=O)O)c(C)c23)c1. The molecule has 0 saturated heterocycles. The van der Waals surface area contributed by atoms with Crippen molar-refractivity contribution in [3.63, 3.8) is 0 Å². The number of aryl methyl sites for hydroxylation is 2. The summed E-state index contributed by atoms with van der Waals surface area (Å²) in [6.07, 6.45) is 3.21. The van der Waals surface area contributed by atoms with Crippen LogP contribution in [0.2, 0.25) is 0 Å². The summed E-state index contributed by atoms with van der Waals surface area (Å²) in [5.74, 6) is -0.930. The summed E-state index contributed by atoms with van der Waals surface area (Å²) >= 11 is 2.60. The van der Waals surface area contributed by atoms with Crippen LogP contribution in [0.15, 0.2) is 34.7 Å². The number of thiophene rings is 1. The molecule has 3 aromatic heterocycles. The Morgan fingerprint density at radius 2 is 2.10 bits per heavy atom. The van der Waals surface area contributed by atoms with Crippen molar-refractivity contribution in [3.8, 4) is 0 Å². The topological polar surface area (TPSA) is 76.0 Å². The van der Waals surface area contributed by atoms with E-state index in [1.165, 1.54) is 29.4 Å². The summed E-state index contributed by atoms with van der Waals surface area (Å²) in [6.45, 7) is 3.79. The zero-order valence-corrected chi connectivity index (χ0v) is 13.0. The lowest BCUT2D eigenvalue weighted by molar-refractivity contribution is 0.0701. The molecule has 3 heterocycles. The molecule has 0 amide bonds. The van der Waals surface area contributed by atoms with Crippen LogP contribution >= 0.6 is 23.1 Å². The van der Waals surface area contributed by atoms with Gasteiger partial charge in [0.05, 0.1) is 0 Å². The van der Waals surface area contributed by atoms with Crippen LogP contribution < -0.4 is 0 Å². The summed E-state index contributed by atoms with van der Waals surface area (Å²) in [5, 5.41) is 11.6. The van der Waals surface area contributed by atoms with Crippen molar-refractivity contribution in [1.29, 1.82) is 0 Å². The van der Waals surface area contributed by atoms with Crippen LogP contribution in [0.3, 0.4) is 0 Å². The minimum Gasteiger partial charge on any atom is -0.477 e. The number of aromatic nitrogens is 3. The summed E-state index contributed by atoms with van der Waals surface area (Å²) in [5.41, 5.74) is 1.82. The number of fused-ring (bicyclic) bond motifs is 1. The number of hydrogen-bond donors (Lipinski definition) is 1. The lowest BCUT2D eigenvalue weighted by Gasteiger charge is -2.03. The highest BCUT2D eigenvalue weighted by Gasteiger charge is 2.19. The zero-order valence-electron chi connectivity index (χ0n) is 11.3. The fourth-order valence-corrected chi connectivity index (χ4v) is 4.04. The summed E-state index contributed by atoms with van der Waals surface area (Å²) in [6, 6.07) is 3.90. The van der Waals surface area contributed by atoms with Gasteiger partial charge in [0.25, 0.3) is 0 Å². The fraction of sp³-hybridized carbons (Fsp3) is 0.143. The normalized spacial score (nSPS) is 11.0. The Hall–Kier alpha value is -1.99. The van der Waals surface area contributed by atoms with E-state index in [0.717, 1.165) is 21.0 Å². The van der Waals surface area contributed by atoms with Gasteiger partial charge >= 0.3 is 5.97 Å². The molecule has 3 aromatic rings. The van der Waals surface area contributed by atoms with E-state index >= 15 is 0 Å². The van der Waals surface area contributed by atoms with Gasteiger partial charge in [0.2, 0.25) is 0 Å². The van der Waals surface area contributed by atoms with Gasteiger partial charge in [0.15, 0.2) is 0 Å². The number of aromatic carboxylic acids is 1. The van der Waals surface area contributed by atoms with Gasteiger partial charge in [-0.25, -0.2) is 19.7 Å². The number of pyridine rings is 1. The fourth-order valence-electron chi connectivity index (χ4n) is 1.98. The van der Waals surface area contributed by atoms with Gasteiger partial charge in [-0.2, -0.15) is 0 Å². The molecule has 0 aliphatic carbocycles. The average Bonchev–Trinajstić information content (AvgIpc) is 2.77. The van der Waals surface area contributed by atoms with Gasteiger partial charge in [0, 0.05) is 11.6 Å². The van der Waals surface area contributed by atoms with E-state index in [9.17, 15) is 9.90 Å². The monoisotopic (exact) mass is 317 g/mol. The third kappa shape index (κ3) is 2.62. The maximum Gasteiger partial charge on any atom is 0.346 e.